The van der Waals surface area contributed by atoms with Crippen molar-refractivity contribution in [2.45, 2.75) is 56.7 Å². The van der Waals surface area contributed by atoms with Crippen molar-refractivity contribution in [1.82, 2.24) is 0 Å². The summed E-state index contributed by atoms with van der Waals surface area (Å²) in [5, 5.41) is 19.0. The SMILES string of the molecule is C[C@H](O)C[C@@H]1OC(=O)C[C@H]2C[C@H](O)[C@@H]1O2. The molecule has 0 amide bonds. The number of fused-ring (bicyclic) bond motifs is 2. The van der Waals surface area contributed by atoms with Crippen molar-refractivity contribution in [2.75, 3.05) is 0 Å². The van der Waals surface area contributed by atoms with Gasteiger partial charge in [0.1, 0.15) is 12.2 Å². The lowest BCUT2D eigenvalue weighted by Gasteiger charge is -2.25. The number of hydrogen-bond acceptors (Lipinski definition) is 5. The van der Waals surface area contributed by atoms with Gasteiger partial charge in [-0.25, -0.2) is 0 Å². The van der Waals surface area contributed by atoms with Gasteiger partial charge >= 0.3 is 5.97 Å². The van der Waals surface area contributed by atoms with Crippen LogP contribution in [0.15, 0.2) is 0 Å². The fourth-order valence-electron chi connectivity index (χ4n) is 2.23. The zero-order chi connectivity index (χ0) is 11.0. The number of esters is 1. The lowest BCUT2D eigenvalue weighted by molar-refractivity contribution is -0.154. The molecule has 0 aromatic heterocycles. The summed E-state index contributed by atoms with van der Waals surface area (Å²) in [7, 11) is 0. The van der Waals surface area contributed by atoms with Gasteiger partial charge in [0.05, 0.1) is 24.7 Å². The minimum atomic E-state index is -0.591. The maximum atomic E-state index is 11.3. The number of aliphatic hydroxyl groups excluding tert-OH is 2. The molecule has 0 spiro atoms. The van der Waals surface area contributed by atoms with Crippen LogP contribution in [0, 0.1) is 0 Å². The molecule has 2 aliphatic rings. The Kier molecular flexibility index (Phi) is 2.95. The van der Waals surface area contributed by atoms with Gasteiger partial charge in [0.2, 0.25) is 0 Å². The molecule has 2 aliphatic heterocycles. The molecule has 0 saturated carbocycles. The van der Waals surface area contributed by atoms with Crippen LogP contribution in [0.5, 0.6) is 0 Å². The smallest absolute Gasteiger partial charge is 0.308 e. The van der Waals surface area contributed by atoms with E-state index in [2.05, 4.69) is 0 Å². The molecular weight excluding hydrogens is 200 g/mol. The lowest BCUT2D eigenvalue weighted by atomic mass is 10.00. The van der Waals surface area contributed by atoms with Gasteiger partial charge in [-0.15, -0.1) is 0 Å². The quantitative estimate of drug-likeness (QED) is 0.614. The van der Waals surface area contributed by atoms with Crippen molar-refractivity contribution in [2.24, 2.45) is 0 Å². The number of aliphatic hydroxyl groups is 2. The number of hydrogen-bond donors (Lipinski definition) is 2. The second-order valence-corrected chi connectivity index (χ2v) is 4.34. The summed E-state index contributed by atoms with van der Waals surface area (Å²) in [5.74, 6) is -0.306. The molecule has 0 radical (unpaired) electrons. The van der Waals surface area contributed by atoms with Crippen LogP contribution in [0.2, 0.25) is 0 Å². The molecule has 0 aromatic carbocycles. The van der Waals surface area contributed by atoms with Crippen molar-refractivity contribution in [3.05, 3.63) is 0 Å². The first-order valence-corrected chi connectivity index (χ1v) is 5.27. The van der Waals surface area contributed by atoms with E-state index in [9.17, 15) is 15.0 Å². The second kappa shape index (κ2) is 4.08. The van der Waals surface area contributed by atoms with Gasteiger partial charge in [-0.1, -0.05) is 0 Å². The lowest BCUT2D eigenvalue weighted by Crippen LogP contribution is -2.39. The van der Waals surface area contributed by atoms with E-state index in [0.717, 1.165) is 0 Å². The van der Waals surface area contributed by atoms with Gasteiger partial charge in [0.15, 0.2) is 0 Å². The minimum absolute atomic E-state index is 0.198. The molecular formula is C10H16O5. The second-order valence-electron chi connectivity index (χ2n) is 4.34. The Morgan fingerprint density at radius 3 is 3.00 bits per heavy atom. The van der Waals surface area contributed by atoms with Gasteiger partial charge in [0.25, 0.3) is 0 Å². The fraction of sp³-hybridized carbons (Fsp3) is 0.900. The number of cyclic esters (lactones) is 1. The number of carbonyl (C=O) groups is 1. The van der Waals surface area contributed by atoms with Gasteiger partial charge in [-0.05, 0) is 6.92 Å². The molecule has 0 unspecified atom stereocenters. The maximum absolute atomic E-state index is 11.3. The molecule has 0 aromatic rings. The summed E-state index contributed by atoms with van der Waals surface area (Å²) in [6, 6.07) is 0. The summed E-state index contributed by atoms with van der Waals surface area (Å²) < 4.78 is 10.7. The molecule has 2 N–H and O–H groups in total. The van der Waals surface area contributed by atoms with Gasteiger partial charge in [-0.3, -0.25) is 4.79 Å². The molecule has 2 fully saturated rings. The summed E-state index contributed by atoms with van der Waals surface area (Å²) in [5.41, 5.74) is 0. The van der Waals surface area contributed by atoms with Crippen LogP contribution in [-0.2, 0) is 14.3 Å². The number of rotatable bonds is 2. The Balaban J connectivity index is 2.09. The Morgan fingerprint density at radius 1 is 1.60 bits per heavy atom. The van der Waals surface area contributed by atoms with Crippen molar-refractivity contribution in [3.8, 4) is 0 Å². The van der Waals surface area contributed by atoms with Crippen LogP contribution in [0.1, 0.15) is 26.2 Å². The van der Waals surface area contributed by atoms with Gasteiger partial charge in [0, 0.05) is 12.8 Å². The molecule has 86 valence electrons. The molecule has 5 nitrogen and oxygen atoms in total. The Hall–Kier alpha value is -0.650. The third-order valence-electron chi connectivity index (χ3n) is 2.85. The highest BCUT2D eigenvalue weighted by molar-refractivity contribution is 5.70. The van der Waals surface area contributed by atoms with Crippen LogP contribution in [0.25, 0.3) is 0 Å². The summed E-state index contributed by atoms with van der Waals surface area (Å²) >= 11 is 0. The van der Waals surface area contributed by atoms with Crippen molar-refractivity contribution in [3.63, 3.8) is 0 Å². The third kappa shape index (κ3) is 2.30. The van der Waals surface area contributed by atoms with Crippen LogP contribution in [-0.4, -0.2) is 46.7 Å². The van der Waals surface area contributed by atoms with E-state index in [1.54, 1.807) is 6.92 Å². The molecule has 5 heteroatoms. The normalized spacial score (nSPS) is 42.2. The average molecular weight is 216 g/mol. The van der Waals surface area contributed by atoms with E-state index < -0.39 is 24.4 Å². The minimum Gasteiger partial charge on any atom is -0.459 e. The van der Waals surface area contributed by atoms with Gasteiger partial charge in [-0.2, -0.15) is 0 Å². The predicted molar refractivity (Wildman–Crippen MR) is 50.1 cm³/mol. The standard InChI is InChI=1S/C10H16O5/c1-5(11)2-8-10-7(12)3-6(14-10)4-9(13)15-8/h5-8,10-12H,2-4H2,1H3/t5-,6+,7-,8-,10-/m0/s1. The highest BCUT2D eigenvalue weighted by atomic mass is 16.6. The monoisotopic (exact) mass is 216 g/mol. The van der Waals surface area contributed by atoms with E-state index in [0.29, 0.717) is 12.8 Å². The van der Waals surface area contributed by atoms with E-state index in [4.69, 9.17) is 9.47 Å². The summed E-state index contributed by atoms with van der Waals surface area (Å²) in [4.78, 5) is 11.3. The molecule has 2 saturated heterocycles. The van der Waals surface area contributed by atoms with E-state index in [-0.39, 0.29) is 18.5 Å². The van der Waals surface area contributed by atoms with Crippen LogP contribution in [0.4, 0.5) is 0 Å². The molecule has 2 heterocycles. The van der Waals surface area contributed by atoms with Crippen LogP contribution in [0.3, 0.4) is 0 Å². The first-order chi connectivity index (χ1) is 7.06. The first kappa shape index (κ1) is 10.9. The summed E-state index contributed by atoms with van der Waals surface area (Å²) in [6.07, 6.45) is -1.41. The largest absolute Gasteiger partial charge is 0.459 e. The zero-order valence-electron chi connectivity index (χ0n) is 8.63. The fourth-order valence-corrected chi connectivity index (χ4v) is 2.23. The predicted octanol–water partition coefficient (Wildman–Crippen LogP) is -0.409. The highest BCUT2D eigenvalue weighted by Crippen LogP contribution is 2.31. The van der Waals surface area contributed by atoms with E-state index >= 15 is 0 Å². The molecule has 5 atom stereocenters. The molecule has 2 rings (SSSR count). The summed E-state index contributed by atoms with van der Waals surface area (Å²) in [6.45, 7) is 1.62. The molecule has 15 heavy (non-hydrogen) atoms. The Morgan fingerprint density at radius 2 is 2.33 bits per heavy atom. The third-order valence-corrected chi connectivity index (χ3v) is 2.85. The zero-order valence-corrected chi connectivity index (χ0v) is 8.63. The van der Waals surface area contributed by atoms with Gasteiger partial charge < -0.3 is 19.7 Å². The molecule has 0 aliphatic carbocycles. The highest BCUT2D eigenvalue weighted by Gasteiger charge is 2.44. The first-order valence-electron chi connectivity index (χ1n) is 5.27. The van der Waals surface area contributed by atoms with Crippen molar-refractivity contribution >= 4 is 5.97 Å². The number of carbonyl (C=O) groups excluding carboxylic acids is 1. The van der Waals surface area contributed by atoms with Crippen molar-refractivity contribution < 1.29 is 24.5 Å². The van der Waals surface area contributed by atoms with E-state index in [1.807, 2.05) is 0 Å². The van der Waals surface area contributed by atoms with Crippen molar-refractivity contribution in [1.29, 1.82) is 0 Å². The average Bonchev–Trinajstić information content (AvgIpc) is 2.36. The Labute approximate surface area is 88.0 Å². The van der Waals surface area contributed by atoms with Crippen LogP contribution >= 0.6 is 0 Å². The van der Waals surface area contributed by atoms with Crippen LogP contribution < -0.4 is 0 Å². The topological polar surface area (TPSA) is 76.0 Å². The Bertz CT molecular complexity index is 252. The molecule has 2 bridgehead atoms. The number of ether oxygens (including phenoxy) is 2. The van der Waals surface area contributed by atoms with E-state index in [1.165, 1.54) is 0 Å². The maximum Gasteiger partial charge on any atom is 0.308 e.